The number of benzene rings is 2. The van der Waals surface area contributed by atoms with E-state index in [-0.39, 0.29) is 55.8 Å². The Hall–Kier alpha value is -1.33. The van der Waals surface area contributed by atoms with Gasteiger partial charge in [-0.3, -0.25) is 9.98 Å². The number of halogens is 4. The monoisotopic (exact) mass is 803 g/mol. The molecule has 0 aliphatic heterocycles. The minimum Gasteiger partial charge on any atom is -1.00 e. The van der Waals surface area contributed by atoms with E-state index >= 15 is 0 Å². The van der Waals surface area contributed by atoms with Crippen LogP contribution in [0.2, 0.25) is 5.02 Å². The summed E-state index contributed by atoms with van der Waals surface area (Å²) in [5, 5.41) is 0.684. The van der Waals surface area contributed by atoms with Crippen molar-refractivity contribution in [3.63, 3.8) is 0 Å². The molecule has 2 aromatic carbocycles. The molecule has 1 radical (unpaired) electrons. The summed E-state index contributed by atoms with van der Waals surface area (Å²) in [4.78, 5) is 15.6. The van der Waals surface area contributed by atoms with Crippen molar-refractivity contribution in [3.05, 3.63) is 87.2 Å². The largest absolute Gasteiger partial charge is 1.00 e. The van der Waals surface area contributed by atoms with Crippen LogP contribution < -0.4 is 37.2 Å². The van der Waals surface area contributed by atoms with Crippen molar-refractivity contribution < 1.29 is 55.8 Å². The molecule has 277 valence electrons. The fourth-order valence-electron chi connectivity index (χ4n) is 9.36. The molecule has 4 aliphatic carbocycles. The van der Waals surface area contributed by atoms with E-state index in [4.69, 9.17) is 26.6 Å². The molecular formula is C43H54Cl4N3V-3. The summed E-state index contributed by atoms with van der Waals surface area (Å²) in [6.07, 6.45) is 30.2. The van der Waals surface area contributed by atoms with E-state index in [0.29, 0.717) is 28.7 Å². The predicted octanol–water partition coefficient (Wildman–Crippen LogP) is 4.44. The van der Waals surface area contributed by atoms with Gasteiger partial charge < -0.3 is 37.2 Å². The van der Waals surface area contributed by atoms with Gasteiger partial charge in [0.2, 0.25) is 0 Å². The first-order valence-corrected chi connectivity index (χ1v) is 19.6. The molecule has 51 heavy (non-hydrogen) atoms. The molecule has 0 spiro atoms. The molecule has 1 aromatic heterocycles. The first-order valence-electron chi connectivity index (χ1n) is 19.2. The Morgan fingerprint density at radius 3 is 1.02 bits per heavy atom. The van der Waals surface area contributed by atoms with Crippen LogP contribution in [0.25, 0.3) is 0 Å². The third-order valence-corrected chi connectivity index (χ3v) is 12.1. The van der Waals surface area contributed by atoms with Gasteiger partial charge >= 0.3 is 0 Å². The summed E-state index contributed by atoms with van der Waals surface area (Å²) in [6, 6.07) is 17.9. The van der Waals surface area contributed by atoms with Gasteiger partial charge in [-0.05, 0) is 109 Å². The van der Waals surface area contributed by atoms with E-state index < -0.39 is 0 Å². The number of aliphatic imine (C=N–C) groups is 2. The Bertz CT molecular complexity index is 1370. The third kappa shape index (κ3) is 11.3. The van der Waals surface area contributed by atoms with E-state index in [1.165, 1.54) is 162 Å². The number of hydrogen-bond donors (Lipinski definition) is 0. The Labute approximate surface area is 343 Å². The number of hydrogen-bond acceptors (Lipinski definition) is 3. The van der Waals surface area contributed by atoms with Crippen molar-refractivity contribution in [1.29, 1.82) is 0 Å². The normalized spacial score (nSPS) is 19.5. The van der Waals surface area contributed by atoms with Crippen molar-refractivity contribution >= 4 is 35.4 Å². The minimum absolute atomic E-state index is 0. The minimum atomic E-state index is 0. The predicted molar refractivity (Wildman–Crippen MR) is 200 cm³/mol. The molecule has 3 nitrogen and oxygen atoms in total. The van der Waals surface area contributed by atoms with Gasteiger partial charge in [-0.25, -0.2) is 4.98 Å². The zero-order valence-corrected chi connectivity index (χ0v) is 34.4. The molecule has 8 heteroatoms. The van der Waals surface area contributed by atoms with Gasteiger partial charge in [0, 0.05) is 23.6 Å². The molecule has 7 rings (SSSR count). The van der Waals surface area contributed by atoms with Crippen molar-refractivity contribution in [3.8, 4) is 0 Å². The summed E-state index contributed by atoms with van der Waals surface area (Å²) in [6.45, 7) is 0. The van der Waals surface area contributed by atoms with Crippen LogP contribution in [0.5, 0.6) is 0 Å². The van der Waals surface area contributed by atoms with E-state index in [0.717, 1.165) is 11.4 Å². The second-order valence-electron chi connectivity index (χ2n) is 15.1. The van der Waals surface area contributed by atoms with Gasteiger partial charge in [0.1, 0.15) is 0 Å². The van der Waals surface area contributed by atoms with Crippen LogP contribution in [0.3, 0.4) is 0 Å². The summed E-state index contributed by atoms with van der Waals surface area (Å²) in [7, 11) is 0. The number of pyridine rings is 1. The van der Waals surface area contributed by atoms with Crippen LogP contribution in [-0.4, -0.2) is 17.4 Å². The molecule has 4 saturated carbocycles. The van der Waals surface area contributed by atoms with Crippen LogP contribution in [0.1, 0.15) is 186 Å². The summed E-state index contributed by atoms with van der Waals surface area (Å²) in [5.41, 5.74) is 9.82. The summed E-state index contributed by atoms with van der Waals surface area (Å²) >= 11 is 6.76. The van der Waals surface area contributed by atoms with Crippen LogP contribution in [0, 0.1) is 0 Å². The van der Waals surface area contributed by atoms with E-state index in [1.54, 1.807) is 0 Å². The average Bonchev–Trinajstić information content (AvgIpc) is 3.14. The van der Waals surface area contributed by atoms with Crippen molar-refractivity contribution in [2.45, 2.75) is 152 Å². The quantitative estimate of drug-likeness (QED) is 0.311. The van der Waals surface area contributed by atoms with Gasteiger partial charge in [-0.2, -0.15) is 0 Å². The van der Waals surface area contributed by atoms with Gasteiger partial charge in [-0.1, -0.05) is 125 Å². The van der Waals surface area contributed by atoms with Gasteiger partial charge in [0.25, 0.3) is 0 Å². The standard InChI is InChI=1S/C43H54ClN3.3ClH.V/c44-35-27-36(29-45-42-38(31-15-5-1-6-16-31)23-13-24-39(42)32-17-7-2-8-18-32)47-37(28-35)30-46-43-40(33-19-9-3-10-20-33)25-14-26-41(43)34-21-11-4-12-22-34;;;;/h13-14,23-34H,1-12,15-22H2;3*1H;/p-3. The number of nitrogens with zero attached hydrogens (tertiary/aromatic N) is 3. The molecule has 0 amide bonds. The maximum absolute atomic E-state index is 6.76. The molecule has 0 atom stereocenters. The molecular weight excluding hydrogens is 751 g/mol. The van der Waals surface area contributed by atoms with Gasteiger partial charge in [-0.15, -0.1) is 0 Å². The van der Waals surface area contributed by atoms with E-state index in [9.17, 15) is 0 Å². The SMILES string of the molecule is Clc1cc(C=Nc2c(C3CCCCC3)cccc2C2CCCCC2)nc(C=Nc2c(C3CCCCC3)cccc2C2CCCCC2)c1.[Cl-].[Cl-].[Cl-].[V]. The second-order valence-corrected chi connectivity index (χ2v) is 15.5. The van der Waals surface area contributed by atoms with Crippen molar-refractivity contribution in [2.24, 2.45) is 9.98 Å². The smallest absolute Gasteiger partial charge is 0.0835 e. The Balaban J connectivity index is 0.00000176. The zero-order chi connectivity index (χ0) is 31.8. The Morgan fingerprint density at radius 1 is 0.471 bits per heavy atom. The number of aromatic nitrogens is 1. The molecule has 1 heterocycles. The molecule has 3 aromatic rings. The average molecular weight is 806 g/mol. The second kappa shape index (κ2) is 22.1. The van der Waals surface area contributed by atoms with Crippen molar-refractivity contribution in [2.75, 3.05) is 0 Å². The summed E-state index contributed by atoms with van der Waals surface area (Å²) in [5.74, 6) is 2.43. The Kier molecular flexibility index (Phi) is 19.1. The number of para-hydroxylation sites is 2. The molecule has 4 fully saturated rings. The van der Waals surface area contributed by atoms with Gasteiger partial charge in [0.15, 0.2) is 0 Å². The van der Waals surface area contributed by atoms with Crippen LogP contribution in [0.15, 0.2) is 58.5 Å². The van der Waals surface area contributed by atoms with E-state index in [2.05, 4.69) is 36.4 Å². The fourth-order valence-corrected chi connectivity index (χ4v) is 9.59. The maximum Gasteiger partial charge on any atom is 0.0835 e. The first-order chi connectivity index (χ1) is 23.2. The van der Waals surface area contributed by atoms with Crippen LogP contribution >= 0.6 is 11.6 Å². The molecule has 0 unspecified atom stereocenters. The summed E-state index contributed by atoms with van der Waals surface area (Å²) < 4.78 is 0. The molecule has 0 bridgehead atoms. The molecule has 4 aliphatic rings. The van der Waals surface area contributed by atoms with Crippen LogP contribution in [0.4, 0.5) is 11.4 Å². The van der Waals surface area contributed by atoms with Gasteiger partial charge in [0.05, 0.1) is 35.2 Å². The fraction of sp³-hybridized carbons (Fsp3) is 0.558. The molecule has 0 N–H and O–H groups in total. The van der Waals surface area contributed by atoms with E-state index in [1.807, 2.05) is 24.6 Å². The zero-order valence-electron chi connectivity index (χ0n) is 30.0. The Morgan fingerprint density at radius 2 is 0.745 bits per heavy atom. The first kappa shape index (κ1) is 44.1. The topological polar surface area (TPSA) is 37.6 Å². The van der Waals surface area contributed by atoms with Crippen LogP contribution in [-0.2, 0) is 18.6 Å². The van der Waals surface area contributed by atoms with Crippen molar-refractivity contribution in [1.82, 2.24) is 4.98 Å². The maximum atomic E-state index is 6.76. The molecule has 0 saturated heterocycles. The number of rotatable bonds is 8. The third-order valence-electron chi connectivity index (χ3n) is 11.9.